The molecule has 4 rings (SSSR count). The number of aromatic hydroxyl groups is 1. The molecule has 1 aliphatic heterocycles. The molecule has 1 aliphatic rings. The van der Waals surface area contributed by atoms with Crippen LogP contribution in [0.4, 0.5) is 0 Å². The number of benzene rings is 2. The highest BCUT2D eigenvalue weighted by Gasteiger charge is 2.35. The van der Waals surface area contributed by atoms with Gasteiger partial charge in [0.05, 0.1) is 45.8 Å². The first-order chi connectivity index (χ1) is 13.0. The fourth-order valence-corrected chi connectivity index (χ4v) is 3.19. The van der Waals surface area contributed by atoms with Gasteiger partial charge < -0.3 is 10.9 Å². The van der Waals surface area contributed by atoms with E-state index in [0.29, 0.717) is 22.3 Å². The number of carbonyl (C=O) groups excluding carboxylic acids is 1. The summed E-state index contributed by atoms with van der Waals surface area (Å²) < 4.78 is 1.02. The van der Waals surface area contributed by atoms with E-state index in [4.69, 9.17) is 16.4 Å². The molecule has 0 atom stereocenters. The Balaban J connectivity index is 1.95. The quantitative estimate of drug-likeness (QED) is 0.683. The summed E-state index contributed by atoms with van der Waals surface area (Å²) in [5, 5.41) is 28.8. The van der Waals surface area contributed by atoms with Crippen molar-refractivity contribution in [1.29, 1.82) is 10.5 Å². The average Bonchev–Trinajstić information content (AvgIpc) is 3.17. The molecule has 2 aromatic carbocycles. The number of nitrogens with two attached hydrogens (primary N) is 1. The average molecular weight is 353 g/mol. The van der Waals surface area contributed by atoms with E-state index in [1.165, 1.54) is 0 Å². The number of amides is 1. The lowest BCUT2D eigenvalue weighted by Gasteiger charge is -2.06. The lowest BCUT2D eigenvalue weighted by molar-refractivity contribution is 0.101. The lowest BCUT2D eigenvalue weighted by Crippen LogP contribution is -2.11. The monoisotopic (exact) mass is 353 g/mol. The molecule has 128 valence electrons. The molecule has 0 radical (unpaired) electrons. The maximum Gasteiger partial charge on any atom is 0.280 e. The minimum absolute atomic E-state index is 0.169. The van der Waals surface area contributed by atoms with E-state index in [2.05, 4.69) is 4.99 Å². The third kappa shape index (κ3) is 2.35. The molecule has 0 spiro atoms. The zero-order chi connectivity index (χ0) is 19.1. The molecule has 7 heteroatoms. The molecule has 7 nitrogen and oxygen atoms in total. The number of hydrogen-bond donors (Lipinski definition) is 2. The third-order valence-electron chi connectivity index (χ3n) is 4.37. The SMILES string of the molecule is N#Cc1cccc(C2=NC(=O)c3c2c(O)n(N)c3-c2cccc(C#N)c2)c1. The number of aliphatic imine (C=N–C) groups is 1. The third-order valence-corrected chi connectivity index (χ3v) is 4.37. The van der Waals surface area contributed by atoms with Gasteiger partial charge in [0.1, 0.15) is 0 Å². The van der Waals surface area contributed by atoms with Crippen molar-refractivity contribution < 1.29 is 9.90 Å². The second-order valence-electron chi connectivity index (χ2n) is 5.94. The Labute approximate surface area is 153 Å². The molecule has 27 heavy (non-hydrogen) atoms. The number of fused-ring (bicyclic) bond motifs is 1. The molecular weight excluding hydrogens is 342 g/mol. The van der Waals surface area contributed by atoms with Crippen molar-refractivity contribution in [3.05, 3.63) is 76.3 Å². The molecule has 1 amide bonds. The summed E-state index contributed by atoms with van der Waals surface area (Å²) in [6, 6.07) is 17.2. The van der Waals surface area contributed by atoms with Gasteiger partial charge in [-0.2, -0.15) is 10.5 Å². The maximum absolute atomic E-state index is 12.6. The van der Waals surface area contributed by atoms with E-state index < -0.39 is 5.91 Å². The molecule has 1 aromatic heterocycles. The number of nitrogens with zero attached hydrogens (tertiary/aromatic N) is 4. The smallest absolute Gasteiger partial charge is 0.280 e. The summed E-state index contributed by atoms with van der Waals surface area (Å²) in [5.74, 6) is 5.17. The predicted octanol–water partition coefficient (Wildman–Crippen LogP) is 2.31. The second-order valence-corrected chi connectivity index (χ2v) is 5.94. The highest BCUT2D eigenvalue weighted by Crippen LogP contribution is 2.39. The van der Waals surface area contributed by atoms with Crippen molar-refractivity contribution in [3.63, 3.8) is 0 Å². The Morgan fingerprint density at radius 1 is 0.963 bits per heavy atom. The fraction of sp³-hybridized carbons (Fsp3) is 0. The normalized spacial score (nSPS) is 12.2. The van der Waals surface area contributed by atoms with Gasteiger partial charge in [-0.05, 0) is 24.3 Å². The second kappa shape index (κ2) is 5.87. The molecule has 0 unspecified atom stereocenters. The number of aromatic nitrogens is 1. The highest BCUT2D eigenvalue weighted by molar-refractivity contribution is 6.30. The van der Waals surface area contributed by atoms with Gasteiger partial charge >= 0.3 is 0 Å². The molecule has 0 bridgehead atoms. The van der Waals surface area contributed by atoms with E-state index in [0.717, 1.165) is 4.68 Å². The van der Waals surface area contributed by atoms with Gasteiger partial charge in [0.15, 0.2) is 0 Å². The Kier molecular flexibility index (Phi) is 3.50. The van der Waals surface area contributed by atoms with Crippen molar-refractivity contribution in [2.75, 3.05) is 5.84 Å². The van der Waals surface area contributed by atoms with Crippen LogP contribution >= 0.6 is 0 Å². The maximum atomic E-state index is 12.6. The first-order valence-corrected chi connectivity index (χ1v) is 7.92. The van der Waals surface area contributed by atoms with Crippen LogP contribution in [0.25, 0.3) is 11.3 Å². The number of carbonyl (C=O) groups is 1. The molecule has 0 saturated carbocycles. The summed E-state index contributed by atoms with van der Waals surface area (Å²) >= 11 is 0. The largest absolute Gasteiger partial charge is 0.493 e. The van der Waals surface area contributed by atoms with Gasteiger partial charge in [-0.25, -0.2) is 9.67 Å². The Morgan fingerprint density at radius 2 is 1.56 bits per heavy atom. The topological polar surface area (TPSA) is 128 Å². The standard InChI is InChI=1S/C20H11N5O2/c21-9-11-3-1-5-13(7-11)17-15-16(19(26)24-17)18(25(23)20(15)27)14-6-2-4-12(8-14)10-22/h1-8,27H,23H2. The Morgan fingerprint density at radius 3 is 2.19 bits per heavy atom. The molecule has 3 aromatic rings. The van der Waals surface area contributed by atoms with Gasteiger partial charge in [-0.15, -0.1) is 0 Å². The summed E-state index contributed by atoms with van der Waals surface area (Å²) in [4.78, 5) is 16.7. The van der Waals surface area contributed by atoms with Crippen LogP contribution in [-0.4, -0.2) is 21.4 Å². The van der Waals surface area contributed by atoms with Crippen molar-refractivity contribution in [2.24, 2.45) is 4.99 Å². The van der Waals surface area contributed by atoms with Crippen LogP contribution < -0.4 is 5.84 Å². The van der Waals surface area contributed by atoms with E-state index in [1.54, 1.807) is 48.5 Å². The van der Waals surface area contributed by atoms with Crippen molar-refractivity contribution in [2.45, 2.75) is 0 Å². The zero-order valence-corrected chi connectivity index (χ0v) is 13.8. The Hall–Kier alpha value is -4.36. The van der Waals surface area contributed by atoms with Crippen molar-refractivity contribution in [3.8, 4) is 29.3 Å². The van der Waals surface area contributed by atoms with Gasteiger partial charge in [-0.3, -0.25) is 4.79 Å². The van der Waals surface area contributed by atoms with Crippen molar-refractivity contribution in [1.82, 2.24) is 4.68 Å². The van der Waals surface area contributed by atoms with Crippen LogP contribution in [0.5, 0.6) is 5.88 Å². The molecule has 0 fully saturated rings. The van der Waals surface area contributed by atoms with Crippen LogP contribution in [0.2, 0.25) is 0 Å². The number of nitrogen functional groups attached to an aromatic ring is 1. The summed E-state index contributed by atoms with van der Waals surface area (Å²) in [5.41, 5.74) is 2.77. The zero-order valence-electron chi connectivity index (χ0n) is 13.8. The van der Waals surface area contributed by atoms with E-state index in [9.17, 15) is 9.90 Å². The van der Waals surface area contributed by atoms with E-state index in [1.807, 2.05) is 12.1 Å². The number of nitriles is 2. The number of hydrogen-bond acceptors (Lipinski definition) is 5. The number of rotatable bonds is 2. The molecule has 3 N–H and O–H groups in total. The first-order valence-electron chi connectivity index (χ1n) is 7.92. The summed E-state index contributed by atoms with van der Waals surface area (Å²) in [6.07, 6.45) is 0. The predicted molar refractivity (Wildman–Crippen MR) is 97.5 cm³/mol. The minimum atomic E-state index is -0.542. The van der Waals surface area contributed by atoms with Crippen LogP contribution in [0.3, 0.4) is 0 Å². The molecule has 0 aliphatic carbocycles. The van der Waals surface area contributed by atoms with Gasteiger partial charge in [0, 0.05) is 11.1 Å². The first kappa shape index (κ1) is 16.1. The van der Waals surface area contributed by atoms with Gasteiger partial charge in [0.25, 0.3) is 5.91 Å². The van der Waals surface area contributed by atoms with E-state index >= 15 is 0 Å². The van der Waals surface area contributed by atoms with Crippen LogP contribution in [-0.2, 0) is 0 Å². The lowest BCUT2D eigenvalue weighted by atomic mass is 9.98. The molecule has 2 heterocycles. The summed E-state index contributed by atoms with van der Waals surface area (Å²) in [7, 11) is 0. The van der Waals surface area contributed by atoms with Crippen LogP contribution in [0, 0.1) is 22.7 Å². The van der Waals surface area contributed by atoms with E-state index in [-0.39, 0.29) is 28.4 Å². The fourth-order valence-electron chi connectivity index (χ4n) is 3.19. The van der Waals surface area contributed by atoms with Crippen molar-refractivity contribution >= 4 is 11.6 Å². The van der Waals surface area contributed by atoms with Gasteiger partial charge in [0.2, 0.25) is 5.88 Å². The molecule has 0 saturated heterocycles. The van der Waals surface area contributed by atoms with Crippen LogP contribution in [0.15, 0.2) is 53.5 Å². The molecular formula is C20H11N5O2. The highest BCUT2D eigenvalue weighted by atomic mass is 16.3. The minimum Gasteiger partial charge on any atom is -0.493 e. The van der Waals surface area contributed by atoms with Crippen LogP contribution in [0.1, 0.15) is 32.6 Å². The van der Waals surface area contributed by atoms with Gasteiger partial charge in [-0.1, -0.05) is 24.3 Å². The summed E-state index contributed by atoms with van der Waals surface area (Å²) in [6.45, 7) is 0. The Bertz CT molecular complexity index is 1240.